The van der Waals surface area contributed by atoms with Crippen molar-refractivity contribution < 1.29 is 29.1 Å². The second-order valence-corrected chi connectivity index (χ2v) is 10.8. The summed E-state index contributed by atoms with van der Waals surface area (Å²) in [5.74, 6) is -1.99. The molecule has 3 heterocycles. The highest BCUT2D eigenvalue weighted by Crippen LogP contribution is 2.45. The second-order valence-electron chi connectivity index (χ2n) is 10.8. The van der Waals surface area contributed by atoms with Gasteiger partial charge in [0.05, 0.1) is 6.04 Å². The number of carbonyl (C=O) groups is 5. The maximum absolute atomic E-state index is 14.2. The van der Waals surface area contributed by atoms with Crippen LogP contribution in [0.2, 0.25) is 0 Å². The van der Waals surface area contributed by atoms with Crippen LogP contribution in [0.1, 0.15) is 50.5 Å². The molecule has 0 aromatic heterocycles. The van der Waals surface area contributed by atoms with Gasteiger partial charge in [-0.2, -0.15) is 0 Å². The van der Waals surface area contributed by atoms with Crippen LogP contribution in [0, 0.1) is 17.8 Å². The molecule has 1 aromatic rings. The van der Waals surface area contributed by atoms with Gasteiger partial charge in [0, 0.05) is 25.4 Å². The summed E-state index contributed by atoms with van der Waals surface area (Å²) in [6.45, 7) is 0.177. The summed E-state index contributed by atoms with van der Waals surface area (Å²) < 4.78 is 0. The van der Waals surface area contributed by atoms with Gasteiger partial charge in [0.2, 0.25) is 17.7 Å². The lowest BCUT2D eigenvalue weighted by atomic mass is 9.86. The third kappa shape index (κ3) is 4.63. The molecule has 3 aliphatic heterocycles. The average Bonchev–Trinajstić information content (AvgIpc) is 3.68. The lowest BCUT2D eigenvalue weighted by molar-refractivity contribution is -0.146. The largest absolute Gasteiger partial charge is 0.389 e. The maximum Gasteiger partial charge on any atom is 0.253 e. The van der Waals surface area contributed by atoms with Crippen molar-refractivity contribution in [3.05, 3.63) is 35.9 Å². The number of rotatable bonds is 8. The van der Waals surface area contributed by atoms with E-state index in [2.05, 4.69) is 16.0 Å². The number of Topliss-reactive ketones (excluding diaryl/α,β-unsaturated/α-hetero) is 1. The quantitative estimate of drug-likeness (QED) is 0.387. The third-order valence-corrected chi connectivity index (χ3v) is 8.68. The molecular weight excluding hydrogens is 476 g/mol. The minimum Gasteiger partial charge on any atom is -0.389 e. The molecule has 0 bridgehead atoms. The fraction of sp³-hybridized carbons (Fsp3) is 0.593. The van der Waals surface area contributed by atoms with E-state index >= 15 is 0 Å². The number of hydrogen-bond acceptors (Lipinski definition) is 6. The molecule has 0 spiro atoms. The molecule has 0 unspecified atom stereocenters. The van der Waals surface area contributed by atoms with Crippen LogP contribution < -0.4 is 16.0 Å². The maximum atomic E-state index is 14.2. The molecule has 10 nitrogen and oxygen atoms in total. The molecular formula is C27H34N4O6. The number of ketones is 1. The van der Waals surface area contributed by atoms with Crippen molar-refractivity contribution in [3.8, 4) is 0 Å². The Morgan fingerprint density at radius 1 is 1.14 bits per heavy atom. The Labute approximate surface area is 215 Å². The molecule has 37 heavy (non-hydrogen) atoms. The van der Waals surface area contributed by atoms with E-state index in [1.165, 1.54) is 0 Å². The van der Waals surface area contributed by atoms with Crippen molar-refractivity contribution >= 4 is 29.4 Å². The lowest BCUT2D eigenvalue weighted by Gasteiger charge is -2.36. The number of fused-ring (bicyclic) bond motifs is 1. The predicted octanol–water partition coefficient (Wildman–Crippen LogP) is -0.00860. The molecule has 198 valence electrons. The first-order valence-corrected chi connectivity index (χ1v) is 13.2. The zero-order valence-electron chi connectivity index (χ0n) is 20.8. The van der Waals surface area contributed by atoms with Gasteiger partial charge in [0.15, 0.2) is 5.78 Å². The Morgan fingerprint density at radius 2 is 1.92 bits per heavy atom. The normalized spacial score (nSPS) is 31.5. The SMILES string of the molecule is O=C1CC[C@@](C(=O)N2C[C@@H]3CCC[C@@H]3[C@@H]2C(=O)N[C@@H](C[C@H]2CCNC2=O)C(=O)CO)(c2ccccc2)N1. The topological polar surface area (TPSA) is 145 Å². The highest BCUT2D eigenvalue weighted by Gasteiger charge is 2.56. The van der Waals surface area contributed by atoms with Gasteiger partial charge in [0.25, 0.3) is 5.91 Å². The summed E-state index contributed by atoms with van der Waals surface area (Å²) in [6, 6.07) is 7.32. The van der Waals surface area contributed by atoms with E-state index in [0.717, 1.165) is 19.3 Å². The van der Waals surface area contributed by atoms with Gasteiger partial charge >= 0.3 is 0 Å². The summed E-state index contributed by atoms with van der Waals surface area (Å²) in [4.78, 5) is 66.6. The number of benzene rings is 1. The van der Waals surface area contributed by atoms with Crippen LogP contribution >= 0.6 is 0 Å². The average molecular weight is 511 g/mol. The first-order chi connectivity index (χ1) is 17.8. The molecule has 1 aromatic carbocycles. The summed E-state index contributed by atoms with van der Waals surface area (Å²) in [7, 11) is 0. The molecule has 4 amide bonds. The zero-order chi connectivity index (χ0) is 26.2. The van der Waals surface area contributed by atoms with Crippen molar-refractivity contribution in [2.45, 2.75) is 62.6 Å². The van der Waals surface area contributed by atoms with E-state index in [-0.39, 0.29) is 42.4 Å². The fourth-order valence-electron chi connectivity index (χ4n) is 6.78. The highest BCUT2D eigenvalue weighted by molar-refractivity contribution is 5.99. The molecule has 4 fully saturated rings. The fourth-order valence-corrected chi connectivity index (χ4v) is 6.78. The van der Waals surface area contributed by atoms with E-state index in [0.29, 0.717) is 31.5 Å². The van der Waals surface area contributed by atoms with Crippen molar-refractivity contribution in [1.82, 2.24) is 20.9 Å². The smallest absolute Gasteiger partial charge is 0.253 e. The van der Waals surface area contributed by atoms with Gasteiger partial charge < -0.3 is 26.0 Å². The highest BCUT2D eigenvalue weighted by atomic mass is 16.3. The number of amides is 4. The van der Waals surface area contributed by atoms with Crippen LogP contribution in [0.4, 0.5) is 0 Å². The van der Waals surface area contributed by atoms with Gasteiger partial charge in [-0.15, -0.1) is 0 Å². The molecule has 4 aliphatic rings. The Balaban J connectivity index is 1.42. The van der Waals surface area contributed by atoms with Gasteiger partial charge in [-0.25, -0.2) is 0 Å². The van der Waals surface area contributed by atoms with E-state index in [1.54, 1.807) is 4.90 Å². The number of aliphatic hydroxyl groups is 1. The molecule has 1 aliphatic carbocycles. The Morgan fingerprint density at radius 3 is 2.57 bits per heavy atom. The van der Waals surface area contributed by atoms with Crippen LogP contribution in [0.25, 0.3) is 0 Å². The van der Waals surface area contributed by atoms with E-state index in [9.17, 15) is 29.1 Å². The second kappa shape index (κ2) is 10.2. The van der Waals surface area contributed by atoms with Crippen LogP contribution in [0.3, 0.4) is 0 Å². The summed E-state index contributed by atoms with van der Waals surface area (Å²) in [6.07, 6.45) is 3.84. The molecule has 3 saturated heterocycles. The Kier molecular flexibility index (Phi) is 7.02. The number of carbonyl (C=O) groups excluding carboxylic acids is 5. The number of aliphatic hydroxyl groups excluding tert-OH is 1. The Hall–Kier alpha value is -3.27. The molecule has 6 atom stereocenters. The summed E-state index contributed by atoms with van der Waals surface area (Å²) >= 11 is 0. The first-order valence-electron chi connectivity index (χ1n) is 13.2. The molecule has 1 saturated carbocycles. The lowest BCUT2D eigenvalue weighted by Crippen LogP contribution is -2.59. The van der Waals surface area contributed by atoms with Gasteiger partial charge in [0.1, 0.15) is 18.2 Å². The molecule has 10 heteroatoms. The van der Waals surface area contributed by atoms with Gasteiger partial charge in [-0.1, -0.05) is 36.8 Å². The predicted molar refractivity (Wildman–Crippen MR) is 132 cm³/mol. The summed E-state index contributed by atoms with van der Waals surface area (Å²) in [5.41, 5.74) is -0.555. The number of hydrogen-bond donors (Lipinski definition) is 4. The minimum absolute atomic E-state index is 0.0477. The van der Waals surface area contributed by atoms with E-state index in [1.807, 2.05) is 30.3 Å². The van der Waals surface area contributed by atoms with Crippen molar-refractivity contribution in [3.63, 3.8) is 0 Å². The van der Waals surface area contributed by atoms with E-state index in [4.69, 9.17) is 0 Å². The number of likely N-dealkylation sites (tertiary alicyclic amines) is 1. The summed E-state index contributed by atoms with van der Waals surface area (Å²) in [5, 5.41) is 18.0. The van der Waals surface area contributed by atoms with Gasteiger partial charge in [-0.3, -0.25) is 24.0 Å². The van der Waals surface area contributed by atoms with E-state index < -0.39 is 41.8 Å². The zero-order valence-corrected chi connectivity index (χ0v) is 20.8. The van der Waals surface area contributed by atoms with Gasteiger partial charge in [-0.05, 0) is 49.5 Å². The monoisotopic (exact) mass is 510 g/mol. The molecule has 5 rings (SSSR count). The van der Waals surface area contributed by atoms with Crippen LogP contribution in [0.5, 0.6) is 0 Å². The number of nitrogens with one attached hydrogen (secondary N) is 3. The van der Waals surface area contributed by atoms with Crippen molar-refractivity contribution in [2.24, 2.45) is 17.8 Å². The standard InChI is InChI=1S/C27H34N4O6/c32-15-21(33)20(13-16-10-12-28-24(16)35)29-25(36)23-19-8-4-5-17(19)14-31(23)26(37)27(11-9-22(34)30-27)18-6-2-1-3-7-18/h1-3,6-7,16-17,19-20,23,32H,4-5,8-15H2,(H,28,35)(H,29,36)(H,30,34)/t16-,17+,19+,20+,23-,27+/m1/s1. The molecule has 0 radical (unpaired) electrons. The van der Waals surface area contributed by atoms with Crippen LogP contribution in [0.15, 0.2) is 30.3 Å². The molecule has 4 N–H and O–H groups in total. The Bertz CT molecular complexity index is 1090. The van der Waals surface area contributed by atoms with Crippen LogP contribution in [-0.4, -0.2) is 71.2 Å². The minimum atomic E-state index is -1.24. The van der Waals surface area contributed by atoms with Crippen molar-refractivity contribution in [2.75, 3.05) is 19.7 Å². The van der Waals surface area contributed by atoms with Crippen molar-refractivity contribution in [1.29, 1.82) is 0 Å². The third-order valence-electron chi connectivity index (χ3n) is 8.68. The number of nitrogens with zero attached hydrogens (tertiary/aromatic N) is 1. The first kappa shape index (κ1) is 25.4. The van der Waals surface area contributed by atoms with Crippen LogP contribution in [-0.2, 0) is 29.5 Å².